The van der Waals surface area contributed by atoms with Crippen molar-refractivity contribution in [3.05, 3.63) is 35.9 Å². The third-order valence-electron chi connectivity index (χ3n) is 3.60. The van der Waals surface area contributed by atoms with Crippen LogP contribution < -0.4 is 16.0 Å². The second kappa shape index (κ2) is 10.1. The molecular formula is C17H21N3O6. The molecule has 1 aromatic rings. The molecule has 0 bridgehead atoms. The molecule has 2 rings (SSSR count). The van der Waals surface area contributed by atoms with Crippen LogP contribution in [0.2, 0.25) is 0 Å². The fourth-order valence-corrected chi connectivity index (χ4v) is 2.26. The maximum atomic E-state index is 11.6. The van der Waals surface area contributed by atoms with Gasteiger partial charge in [-0.25, -0.2) is 14.4 Å². The Bertz CT molecular complexity index is 643. The molecule has 1 atom stereocenters. The largest absolute Gasteiger partial charge is 0.445 e. The first-order valence-corrected chi connectivity index (χ1v) is 8.24. The van der Waals surface area contributed by atoms with Crippen LogP contribution >= 0.6 is 0 Å². The molecule has 3 N–H and O–H groups in total. The molecule has 1 aliphatic heterocycles. The Kier molecular flexibility index (Phi) is 7.56. The molecule has 1 heterocycles. The predicted octanol–water partition coefficient (Wildman–Crippen LogP) is -0.149. The summed E-state index contributed by atoms with van der Waals surface area (Å²) in [7, 11) is 0. The minimum absolute atomic E-state index is 0.0813. The maximum absolute atomic E-state index is 11.6. The average molecular weight is 363 g/mol. The fraction of sp³-hybridized carbons (Fsp3) is 0.412. The highest BCUT2D eigenvalue weighted by atomic mass is 16.6. The summed E-state index contributed by atoms with van der Waals surface area (Å²) in [6.07, 6.45) is 0.707. The highest BCUT2D eigenvalue weighted by Crippen LogP contribution is 2.06. The lowest BCUT2D eigenvalue weighted by atomic mass is 10.2. The van der Waals surface area contributed by atoms with Crippen LogP contribution in [0.1, 0.15) is 18.4 Å². The van der Waals surface area contributed by atoms with Gasteiger partial charge in [-0.3, -0.25) is 4.79 Å². The van der Waals surface area contributed by atoms with Crippen molar-refractivity contribution >= 4 is 23.9 Å². The lowest BCUT2D eigenvalue weighted by molar-refractivity contribution is -0.160. The van der Waals surface area contributed by atoms with E-state index in [1.165, 1.54) is 0 Å². The molecule has 9 heteroatoms. The van der Waals surface area contributed by atoms with E-state index in [0.717, 1.165) is 12.0 Å². The van der Waals surface area contributed by atoms with Gasteiger partial charge in [-0.1, -0.05) is 30.3 Å². The Morgan fingerprint density at radius 1 is 1.08 bits per heavy atom. The van der Waals surface area contributed by atoms with Gasteiger partial charge in [0.1, 0.15) is 25.7 Å². The monoisotopic (exact) mass is 363 g/mol. The summed E-state index contributed by atoms with van der Waals surface area (Å²) in [6.45, 7) is -0.0360. The van der Waals surface area contributed by atoms with Gasteiger partial charge in [0.05, 0.1) is 0 Å². The SMILES string of the molecule is O=C(CNC(=O)OCc1ccccc1)NCC(=O)OC(=O)[C@@H]1CCCN1. The van der Waals surface area contributed by atoms with Crippen LogP contribution in [0.15, 0.2) is 30.3 Å². The summed E-state index contributed by atoms with van der Waals surface area (Å²) < 4.78 is 9.57. The Morgan fingerprint density at radius 2 is 1.85 bits per heavy atom. The Balaban J connectivity index is 1.57. The number of nitrogens with one attached hydrogen (secondary N) is 3. The third kappa shape index (κ3) is 6.89. The molecule has 0 unspecified atom stereocenters. The summed E-state index contributed by atoms with van der Waals surface area (Å²) in [5.74, 6) is -2.11. The van der Waals surface area contributed by atoms with E-state index in [1.807, 2.05) is 18.2 Å². The van der Waals surface area contributed by atoms with Gasteiger partial charge in [-0.05, 0) is 24.9 Å². The van der Waals surface area contributed by atoms with Crippen LogP contribution in [0.25, 0.3) is 0 Å². The zero-order chi connectivity index (χ0) is 18.8. The van der Waals surface area contributed by atoms with Crippen LogP contribution in [0, 0.1) is 0 Å². The predicted molar refractivity (Wildman–Crippen MR) is 89.8 cm³/mol. The average Bonchev–Trinajstić information content (AvgIpc) is 3.18. The number of benzene rings is 1. The first kappa shape index (κ1) is 19.4. The molecule has 2 amide bonds. The van der Waals surface area contributed by atoms with E-state index >= 15 is 0 Å². The van der Waals surface area contributed by atoms with Gasteiger partial charge in [-0.15, -0.1) is 0 Å². The molecule has 0 aromatic heterocycles. The van der Waals surface area contributed by atoms with E-state index in [1.54, 1.807) is 12.1 Å². The molecular weight excluding hydrogens is 342 g/mol. The van der Waals surface area contributed by atoms with Crippen molar-refractivity contribution in [1.29, 1.82) is 0 Å². The number of ether oxygens (including phenoxy) is 2. The molecule has 1 fully saturated rings. The number of alkyl carbamates (subject to hydrolysis) is 1. The summed E-state index contributed by atoms with van der Waals surface area (Å²) >= 11 is 0. The van der Waals surface area contributed by atoms with Gasteiger partial charge in [0.2, 0.25) is 5.91 Å². The smallest absolute Gasteiger partial charge is 0.407 e. The van der Waals surface area contributed by atoms with Crippen molar-refractivity contribution in [2.75, 3.05) is 19.6 Å². The summed E-state index contributed by atoms with van der Waals surface area (Å²) in [4.78, 5) is 46.2. The Morgan fingerprint density at radius 3 is 2.54 bits per heavy atom. The maximum Gasteiger partial charge on any atom is 0.407 e. The quantitative estimate of drug-likeness (QED) is 0.455. The highest BCUT2D eigenvalue weighted by Gasteiger charge is 2.25. The van der Waals surface area contributed by atoms with Gasteiger partial charge in [0.15, 0.2) is 0 Å². The van der Waals surface area contributed by atoms with Crippen molar-refractivity contribution < 1.29 is 28.7 Å². The normalized spacial score (nSPS) is 15.8. The third-order valence-corrected chi connectivity index (χ3v) is 3.60. The molecule has 140 valence electrons. The standard InChI is InChI=1S/C17H21N3O6/c21-14(9-20-17(24)25-11-12-5-2-1-3-6-12)19-10-15(22)26-16(23)13-7-4-8-18-13/h1-3,5-6,13,18H,4,7-11H2,(H,19,21)(H,20,24)/t13-/m0/s1. The molecule has 26 heavy (non-hydrogen) atoms. The van der Waals surface area contributed by atoms with Crippen molar-refractivity contribution in [2.24, 2.45) is 0 Å². The number of amides is 2. The zero-order valence-corrected chi connectivity index (χ0v) is 14.2. The first-order chi connectivity index (χ1) is 12.5. The van der Waals surface area contributed by atoms with E-state index in [4.69, 9.17) is 4.74 Å². The van der Waals surface area contributed by atoms with Crippen LogP contribution in [0.5, 0.6) is 0 Å². The molecule has 1 saturated heterocycles. The van der Waals surface area contributed by atoms with Crippen LogP contribution in [-0.4, -0.2) is 49.6 Å². The van der Waals surface area contributed by atoms with Gasteiger partial charge < -0.3 is 25.4 Å². The molecule has 0 saturated carbocycles. The molecule has 9 nitrogen and oxygen atoms in total. The van der Waals surface area contributed by atoms with Crippen LogP contribution in [0.3, 0.4) is 0 Å². The fourth-order valence-electron chi connectivity index (χ4n) is 2.26. The van der Waals surface area contributed by atoms with E-state index < -0.39 is 36.5 Å². The van der Waals surface area contributed by atoms with E-state index in [-0.39, 0.29) is 13.2 Å². The van der Waals surface area contributed by atoms with Gasteiger partial charge in [-0.2, -0.15) is 0 Å². The zero-order valence-electron chi connectivity index (χ0n) is 14.2. The minimum Gasteiger partial charge on any atom is -0.445 e. The first-order valence-electron chi connectivity index (χ1n) is 8.24. The van der Waals surface area contributed by atoms with E-state index in [9.17, 15) is 19.2 Å². The molecule has 1 aromatic carbocycles. The van der Waals surface area contributed by atoms with Crippen LogP contribution in [-0.2, 0) is 30.5 Å². The number of hydrogen-bond acceptors (Lipinski definition) is 7. The lowest BCUT2D eigenvalue weighted by Gasteiger charge is -2.10. The minimum atomic E-state index is -0.858. The van der Waals surface area contributed by atoms with Crippen molar-refractivity contribution in [2.45, 2.75) is 25.5 Å². The topological polar surface area (TPSA) is 123 Å². The Labute approximate surface area is 150 Å². The van der Waals surface area contributed by atoms with Crippen molar-refractivity contribution in [3.8, 4) is 0 Å². The highest BCUT2D eigenvalue weighted by molar-refractivity contribution is 5.91. The molecule has 1 aliphatic rings. The number of esters is 2. The van der Waals surface area contributed by atoms with Crippen molar-refractivity contribution in [3.63, 3.8) is 0 Å². The number of carbonyl (C=O) groups excluding carboxylic acids is 4. The Hall–Kier alpha value is -2.94. The van der Waals surface area contributed by atoms with Crippen LogP contribution in [0.4, 0.5) is 4.79 Å². The van der Waals surface area contributed by atoms with E-state index in [0.29, 0.717) is 13.0 Å². The second-order valence-corrected chi connectivity index (χ2v) is 5.63. The lowest BCUT2D eigenvalue weighted by Crippen LogP contribution is -2.41. The molecule has 0 aliphatic carbocycles. The second-order valence-electron chi connectivity index (χ2n) is 5.63. The summed E-state index contributed by atoms with van der Waals surface area (Å²) in [5.41, 5.74) is 0.816. The number of hydrogen-bond donors (Lipinski definition) is 3. The number of carbonyl (C=O) groups is 4. The number of rotatable bonds is 7. The molecule has 0 spiro atoms. The molecule has 0 radical (unpaired) electrons. The van der Waals surface area contributed by atoms with Crippen molar-refractivity contribution in [1.82, 2.24) is 16.0 Å². The summed E-state index contributed by atoms with van der Waals surface area (Å²) in [6, 6.07) is 8.60. The van der Waals surface area contributed by atoms with Gasteiger partial charge in [0.25, 0.3) is 0 Å². The van der Waals surface area contributed by atoms with E-state index in [2.05, 4.69) is 20.7 Å². The summed E-state index contributed by atoms with van der Waals surface area (Å²) in [5, 5.41) is 7.42. The van der Waals surface area contributed by atoms with Gasteiger partial charge >= 0.3 is 18.0 Å². The van der Waals surface area contributed by atoms with Gasteiger partial charge in [0, 0.05) is 0 Å².